The molecule has 0 heterocycles. The maximum absolute atomic E-state index is 12.8. The zero-order valence-electron chi connectivity index (χ0n) is 6.14. The molecule has 4 heteroatoms. The van der Waals surface area contributed by atoms with Crippen molar-refractivity contribution in [3.8, 4) is 6.07 Å². The first kappa shape index (κ1) is 8.62. The van der Waals surface area contributed by atoms with E-state index in [2.05, 4.69) is 0 Å². The molecule has 62 valence electrons. The Labute approximate surface area is 68.2 Å². The van der Waals surface area contributed by atoms with Crippen molar-refractivity contribution in [1.29, 1.82) is 5.26 Å². The molecular weight excluding hydrogens is 162 g/mol. The zero-order chi connectivity index (χ0) is 9.14. The summed E-state index contributed by atoms with van der Waals surface area (Å²) in [4.78, 5) is 0. The van der Waals surface area contributed by atoms with E-state index in [1.165, 1.54) is 6.07 Å². The van der Waals surface area contributed by atoms with Gasteiger partial charge in [-0.2, -0.15) is 5.26 Å². The molecule has 1 aromatic rings. The quantitative estimate of drug-likeness (QED) is 0.686. The second-order valence-electron chi connectivity index (χ2n) is 2.20. The lowest BCUT2D eigenvalue weighted by atomic mass is 10.1. The van der Waals surface area contributed by atoms with Gasteiger partial charge in [-0.1, -0.05) is 0 Å². The van der Waals surface area contributed by atoms with Crippen LogP contribution in [0.4, 0.5) is 8.78 Å². The third-order valence-electron chi connectivity index (χ3n) is 1.52. The predicted octanol–water partition coefficient (Wildman–Crippen LogP) is 1.30. The molecule has 0 spiro atoms. The van der Waals surface area contributed by atoms with Gasteiger partial charge in [0, 0.05) is 12.1 Å². The van der Waals surface area contributed by atoms with Crippen molar-refractivity contribution in [3.63, 3.8) is 0 Å². The minimum Gasteiger partial charge on any atom is -0.326 e. The Morgan fingerprint density at radius 1 is 1.42 bits per heavy atom. The maximum atomic E-state index is 12.8. The average molecular weight is 168 g/mol. The number of hydrogen-bond donors (Lipinski definition) is 1. The van der Waals surface area contributed by atoms with Crippen LogP contribution in [0.2, 0.25) is 0 Å². The van der Waals surface area contributed by atoms with Gasteiger partial charge in [0.25, 0.3) is 0 Å². The highest BCUT2D eigenvalue weighted by atomic mass is 19.2. The number of nitrogens with zero attached hydrogens (tertiary/aromatic N) is 1. The Morgan fingerprint density at radius 3 is 2.58 bits per heavy atom. The van der Waals surface area contributed by atoms with Gasteiger partial charge in [-0.15, -0.1) is 0 Å². The first-order chi connectivity index (χ1) is 5.70. The lowest BCUT2D eigenvalue weighted by molar-refractivity contribution is 0.498. The van der Waals surface area contributed by atoms with Gasteiger partial charge in [0.05, 0.1) is 11.6 Å². The topological polar surface area (TPSA) is 49.8 Å². The summed E-state index contributed by atoms with van der Waals surface area (Å²) in [6, 6.07) is 3.85. The minimum atomic E-state index is -1.03. The molecule has 0 bridgehead atoms. The van der Waals surface area contributed by atoms with E-state index in [0.29, 0.717) is 0 Å². The van der Waals surface area contributed by atoms with Gasteiger partial charge in [0.1, 0.15) is 0 Å². The van der Waals surface area contributed by atoms with Crippen LogP contribution in [0.15, 0.2) is 12.1 Å². The zero-order valence-corrected chi connectivity index (χ0v) is 6.14. The molecule has 0 aliphatic carbocycles. The van der Waals surface area contributed by atoms with E-state index < -0.39 is 11.6 Å². The fourth-order valence-corrected chi connectivity index (χ4v) is 0.897. The van der Waals surface area contributed by atoms with Gasteiger partial charge in [0.15, 0.2) is 11.6 Å². The summed E-state index contributed by atoms with van der Waals surface area (Å²) >= 11 is 0. The molecule has 0 saturated carbocycles. The number of nitrogens with two attached hydrogens (primary N) is 1. The van der Waals surface area contributed by atoms with E-state index in [-0.39, 0.29) is 17.7 Å². The van der Waals surface area contributed by atoms with Crippen molar-refractivity contribution in [3.05, 3.63) is 34.9 Å². The van der Waals surface area contributed by atoms with Crippen LogP contribution < -0.4 is 5.73 Å². The molecule has 0 aromatic heterocycles. The van der Waals surface area contributed by atoms with Crippen LogP contribution in [0.1, 0.15) is 11.1 Å². The predicted molar refractivity (Wildman–Crippen MR) is 39.0 cm³/mol. The number of halogens is 2. The minimum absolute atomic E-state index is 0.0718. The monoisotopic (exact) mass is 168 g/mol. The molecule has 0 saturated heterocycles. The van der Waals surface area contributed by atoms with Gasteiger partial charge in [-0.25, -0.2) is 8.78 Å². The fraction of sp³-hybridized carbons (Fsp3) is 0.125. The molecule has 12 heavy (non-hydrogen) atoms. The Morgan fingerprint density at radius 2 is 2.08 bits per heavy atom. The third-order valence-corrected chi connectivity index (χ3v) is 1.52. The van der Waals surface area contributed by atoms with Crippen LogP contribution in [0, 0.1) is 23.0 Å². The highest BCUT2D eigenvalue weighted by molar-refractivity contribution is 5.38. The molecule has 0 fully saturated rings. The second kappa shape index (κ2) is 3.28. The molecule has 1 aromatic carbocycles. The van der Waals surface area contributed by atoms with Crippen LogP contribution in [-0.2, 0) is 6.54 Å². The summed E-state index contributed by atoms with van der Waals surface area (Å²) in [7, 11) is 0. The average Bonchev–Trinajstić information content (AvgIpc) is 2.09. The highest BCUT2D eigenvalue weighted by Gasteiger charge is 2.10. The summed E-state index contributed by atoms with van der Waals surface area (Å²) in [5, 5.41) is 8.47. The fourth-order valence-electron chi connectivity index (χ4n) is 0.897. The molecule has 0 aliphatic rings. The van der Waals surface area contributed by atoms with E-state index in [9.17, 15) is 8.78 Å². The van der Waals surface area contributed by atoms with E-state index in [1.807, 2.05) is 0 Å². The molecule has 2 N–H and O–H groups in total. The summed E-state index contributed by atoms with van der Waals surface area (Å²) in [5.41, 5.74) is 5.15. The van der Waals surface area contributed by atoms with Crippen LogP contribution in [-0.4, -0.2) is 0 Å². The largest absolute Gasteiger partial charge is 0.326 e. The Kier molecular flexibility index (Phi) is 2.36. The van der Waals surface area contributed by atoms with E-state index >= 15 is 0 Å². The Balaban J connectivity index is 3.38. The smallest absolute Gasteiger partial charge is 0.164 e. The van der Waals surface area contributed by atoms with Crippen molar-refractivity contribution in [2.24, 2.45) is 5.73 Å². The summed E-state index contributed by atoms with van der Waals surface area (Å²) in [6.45, 7) is -0.174. The maximum Gasteiger partial charge on any atom is 0.164 e. The van der Waals surface area contributed by atoms with Crippen molar-refractivity contribution < 1.29 is 8.78 Å². The van der Waals surface area contributed by atoms with Gasteiger partial charge in [-0.3, -0.25) is 0 Å². The van der Waals surface area contributed by atoms with Crippen LogP contribution >= 0.6 is 0 Å². The molecule has 0 radical (unpaired) electrons. The summed E-state index contributed by atoms with van der Waals surface area (Å²) in [5.74, 6) is -2.01. The first-order valence-electron chi connectivity index (χ1n) is 3.27. The van der Waals surface area contributed by atoms with Crippen molar-refractivity contribution >= 4 is 0 Å². The van der Waals surface area contributed by atoms with Crippen LogP contribution in [0.5, 0.6) is 0 Å². The number of rotatable bonds is 1. The second-order valence-corrected chi connectivity index (χ2v) is 2.20. The summed E-state index contributed by atoms with van der Waals surface area (Å²) < 4.78 is 25.4. The van der Waals surface area contributed by atoms with E-state index in [4.69, 9.17) is 11.0 Å². The summed E-state index contributed by atoms with van der Waals surface area (Å²) in [6.07, 6.45) is 0. The highest BCUT2D eigenvalue weighted by Crippen LogP contribution is 2.15. The number of benzene rings is 1. The normalized spacial score (nSPS) is 9.50. The molecule has 2 nitrogen and oxygen atoms in total. The lowest BCUT2D eigenvalue weighted by Crippen LogP contribution is -2.04. The molecule has 0 aliphatic heterocycles. The SMILES string of the molecule is N#Cc1ccc(F)c(F)c1CN. The number of nitriles is 1. The standard InChI is InChI=1S/C8H6F2N2/c9-7-2-1-5(3-11)6(4-12)8(7)10/h1-2H,4,12H2. The van der Waals surface area contributed by atoms with Crippen molar-refractivity contribution in [1.82, 2.24) is 0 Å². The Bertz CT molecular complexity index is 342. The molecule has 1 rings (SSSR count). The van der Waals surface area contributed by atoms with Gasteiger partial charge >= 0.3 is 0 Å². The van der Waals surface area contributed by atoms with Crippen LogP contribution in [0.25, 0.3) is 0 Å². The number of hydrogen-bond acceptors (Lipinski definition) is 2. The van der Waals surface area contributed by atoms with Gasteiger partial charge in [0.2, 0.25) is 0 Å². The molecule has 0 unspecified atom stereocenters. The molecule has 0 atom stereocenters. The van der Waals surface area contributed by atoms with Crippen molar-refractivity contribution in [2.75, 3.05) is 0 Å². The van der Waals surface area contributed by atoms with Gasteiger partial charge < -0.3 is 5.73 Å². The molecular formula is C8H6F2N2. The van der Waals surface area contributed by atoms with E-state index in [1.54, 1.807) is 6.07 Å². The van der Waals surface area contributed by atoms with Crippen LogP contribution in [0.3, 0.4) is 0 Å². The van der Waals surface area contributed by atoms with Crippen molar-refractivity contribution in [2.45, 2.75) is 6.54 Å². The van der Waals surface area contributed by atoms with E-state index in [0.717, 1.165) is 6.07 Å². The molecule has 0 amide bonds. The Hall–Kier alpha value is -1.47. The van der Waals surface area contributed by atoms with Gasteiger partial charge in [-0.05, 0) is 12.1 Å². The first-order valence-corrected chi connectivity index (χ1v) is 3.27. The lowest BCUT2D eigenvalue weighted by Gasteiger charge is -2.01. The third kappa shape index (κ3) is 1.27.